The van der Waals surface area contributed by atoms with Gasteiger partial charge in [-0.2, -0.15) is 0 Å². The number of halogens is 1. The Kier molecular flexibility index (Phi) is 3.69. The first-order chi connectivity index (χ1) is 8.10. The summed E-state index contributed by atoms with van der Waals surface area (Å²) in [4.78, 5) is 4.36. The van der Waals surface area contributed by atoms with Gasteiger partial charge in [-0.05, 0) is 31.0 Å². The second-order valence-corrected chi connectivity index (χ2v) is 5.44. The van der Waals surface area contributed by atoms with Crippen molar-refractivity contribution < 1.29 is 4.74 Å². The minimum atomic E-state index is 0.616. The molecule has 90 valence electrons. The lowest BCUT2D eigenvalue weighted by Gasteiger charge is -2.09. The summed E-state index contributed by atoms with van der Waals surface area (Å²) in [5, 5.41) is 2.64. The SMILES string of the molecule is CCc1csc(Oc2c(C)cc(Br)cc2N)n1. The molecule has 3 nitrogen and oxygen atoms in total. The van der Waals surface area contributed by atoms with Crippen LogP contribution in [0.5, 0.6) is 10.9 Å². The van der Waals surface area contributed by atoms with Crippen molar-refractivity contribution in [2.24, 2.45) is 0 Å². The minimum absolute atomic E-state index is 0.616. The summed E-state index contributed by atoms with van der Waals surface area (Å²) in [5.74, 6) is 0.685. The van der Waals surface area contributed by atoms with Crippen molar-refractivity contribution in [2.45, 2.75) is 20.3 Å². The van der Waals surface area contributed by atoms with Crippen molar-refractivity contribution in [1.82, 2.24) is 4.98 Å². The third kappa shape index (κ3) is 2.79. The van der Waals surface area contributed by atoms with Crippen molar-refractivity contribution in [1.29, 1.82) is 0 Å². The highest BCUT2D eigenvalue weighted by Crippen LogP contribution is 2.34. The Morgan fingerprint density at radius 2 is 2.24 bits per heavy atom. The number of nitrogens with two attached hydrogens (primary N) is 1. The number of aromatic nitrogens is 1. The Balaban J connectivity index is 2.29. The van der Waals surface area contributed by atoms with Gasteiger partial charge in [0.05, 0.1) is 11.4 Å². The van der Waals surface area contributed by atoms with E-state index in [9.17, 15) is 0 Å². The Labute approximate surface area is 113 Å². The molecular weight excluding hydrogens is 300 g/mol. The zero-order valence-electron chi connectivity index (χ0n) is 9.66. The molecule has 0 saturated carbocycles. The summed E-state index contributed by atoms with van der Waals surface area (Å²) in [6, 6.07) is 3.80. The first-order valence-corrected chi connectivity index (χ1v) is 6.95. The number of nitrogens with zero attached hydrogens (tertiary/aromatic N) is 1. The topological polar surface area (TPSA) is 48.1 Å². The second kappa shape index (κ2) is 5.06. The van der Waals surface area contributed by atoms with Gasteiger partial charge in [0.15, 0.2) is 5.75 Å². The van der Waals surface area contributed by atoms with Gasteiger partial charge in [0.25, 0.3) is 5.19 Å². The number of nitrogen functional groups attached to an aromatic ring is 1. The second-order valence-electron chi connectivity index (χ2n) is 3.70. The molecule has 17 heavy (non-hydrogen) atoms. The molecule has 2 N–H and O–H groups in total. The van der Waals surface area contributed by atoms with E-state index in [-0.39, 0.29) is 0 Å². The Morgan fingerprint density at radius 3 is 2.82 bits per heavy atom. The normalized spacial score (nSPS) is 10.5. The molecule has 0 fully saturated rings. The maximum Gasteiger partial charge on any atom is 0.278 e. The summed E-state index contributed by atoms with van der Waals surface area (Å²) in [6.07, 6.45) is 0.911. The average molecular weight is 313 g/mol. The van der Waals surface area contributed by atoms with Crippen molar-refractivity contribution in [3.63, 3.8) is 0 Å². The predicted molar refractivity (Wildman–Crippen MR) is 74.9 cm³/mol. The molecule has 5 heteroatoms. The largest absolute Gasteiger partial charge is 0.428 e. The third-order valence-electron chi connectivity index (χ3n) is 2.35. The van der Waals surface area contributed by atoms with Gasteiger partial charge in [-0.15, -0.1) is 0 Å². The molecule has 0 spiro atoms. The van der Waals surface area contributed by atoms with Gasteiger partial charge >= 0.3 is 0 Å². The molecule has 0 bridgehead atoms. The number of aryl methyl sites for hydroxylation is 2. The molecule has 1 heterocycles. The van der Waals surface area contributed by atoms with E-state index in [2.05, 4.69) is 27.8 Å². The zero-order chi connectivity index (χ0) is 12.4. The number of hydrogen-bond donors (Lipinski definition) is 1. The van der Waals surface area contributed by atoms with Crippen molar-refractivity contribution in [3.05, 3.63) is 33.2 Å². The van der Waals surface area contributed by atoms with E-state index >= 15 is 0 Å². The fourth-order valence-corrected chi connectivity index (χ4v) is 2.83. The van der Waals surface area contributed by atoms with Crippen LogP contribution < -0.4 is 10.5 Å². The van der Waals surface area contributed by atoms with Crippen LogP contribution in [-0.2, 0) is 6.42 Å². The molecular formula is C12H13BrN2OS. The molecule has 0 amide bonds. The number of anilines is 1. The molecule has 0 aliphatic heterocycles. The van der Waals surface area contributed by atoms with Gasteiger partial charge in [0.2, 0.25) is 0 Å². The summed E-state index contributed by atoms with van der Waals surface area (Å²) in [7, 11) is 0. The van der Waals surface area contributed by atoms with Crippen LogP contribution in [-0.4, -0.2) is 4.98 Å². The van der Waals surface area contributed by atoms with Gasteiger partial charge < -0.3 is 10.5 Å². The number of ether oxygens (including phenoxy) is 1. The van der Waals surface area contributed by atoms with Gasteiger partial charge in [0.1, 0.15) is 0 Å². The summed E-state index contributed by atoms with van der Waals surface area (Å²) >= 11 is 4.89. The maximum atomic E-state index is 5.93. The number of thiazole rings is 1. The highest BCUT2D eigenvalue weighted by molar-refractivity contribution is 9.10. The third-order valence-corrected chi connectivity index (χ3v) is 3.57. The van der Waals surface area contributed by atoms with Gasteiger partial charge in [-0.3, -0.25) is 0 Å². The maximum absolute atomic E-state index is 5.93. The van der Waals surface area contributed by atoms with Crippen LogP contribution >= 0.6 is 27.3 Å². The standard InChI is InChI=1S/C12H13BrN2OS/c1-3-9-6-17-12(15-9)16-11-7(2)4-8(13)5-10(11)14/h4-6H,3,14H2,1-2H3. The zero-order valence-corrected chi connectivity index (χ0v) is 12.1. The minimum Gasteiger partial charge on any atom is -0.428 e. The summed E-state index contributed by atoms with van der Waals surface area (Å²) < 4.78 is 6.69. The van der Waals surface area contributed by atoms with Crippen LogP contribution in [0, 0.1) is 6.92 Å². The Hall–Kier alpha value is -1.07. The molecule has 0 saturated heterocycles. The molecule has 0 unspecified atom stereocenters. The van der Waals surface area contributed by atoms with Crippen LogP contribution in [0.25, 0.3) is 0 Å². The quantitative estimate of drug-likeness (QED) is 0.866. The average Bonchev–Trinajstić information content (AvgIpc) is 2.71. The van der Waals surface area contributed by atoms with Crippen molar-refractivity contribution in [3.8, 4) is 10.9 Å². The van der Waals surface area contributed by atoms with Crippen LogP contribution in [0.2, 0.25) is 0 Å². The predicted octanol–water partition coefficient (Wildman–Crippen LogP) is 4.15. The van der Waals surface area contributed by atoms with Crippen LogP contribution in [0.3, 0.4) is 0 Å². The lowest BCUT2D eigenvalue weighted by molar-refractivity contribution is 0.476. The van der Waals surface area contributed by atoms with E-state index < -0.39 is 0 Å². The number of hydrogen-bond acceptors (Lipinski definition) is 4. The molecule has 0 aliphatic carbocycles. The first-order valence-electron chi connectivity index (χ1n) is 5.28. The summed E-state index contributed by atoms with van der Waals surface area (Å²) in [5.41, 5.74) is 8.58. The van der Waals surface area contributed by atoms with Crippen LogP contribution in [0.1, 0.15) is 18.2 Å². The molecule has 1 aromatic heterocycles. The summed E-state index contributed by atoms with van der Waals surface area (Å²) in [6.45, 7) is 4.03. The molecule has 2 aromatic rings. The Morgan fingerprint density at radius 1 is 1.47 bits per heavy atom. The number of benzene rings is 1. The van der Waals surface area contributed by atoms with E-state index in [0.717, 1.165) is 22.2 Å². The first kappa shape index (κ1) is 12.4. The van der Waals surface area contributed by atoms with E-state index in [4.69, 9.17) is 10.5 Å². The molecule has 0 atom stereocenters. The highest BCUT2D eigenvalue weighted by Gasteiger charge is 2.10. The molecule has 1 aromatic carbocycles. The molecule has 0 radical (unpaired) electrons. The smallest absolute Gasteiger partial charge is 0.278 e. The fraction of sp³-hybridized carbons (Fsp3) is 0.250. The van der Waals surface area contributed by atoms with Gasteiger partial charge in [-0.1, -0.05) is 34.2 Å². The molecule has 2 rings (SSSR count). The highest BCUT2D eigenvalue weighted by atomic mass is 79.9. The van der Waals surface area contributed by atoms with Crippen molar-refractivity contribution >= 4 is 33.0 Å². The lowest BCUT2D eigenvalue weighted by Crippen LogP contribution is -1.95. The van der Waals surface area contributed by atoms with E-state index in [0.29, 0.717) is 16.6 Å². The van der Waals surface area contributed by atoms with E-state index in [1.165, 1.54) is 11.3 Å². The Bertz CT molecular complexity index is 516. The lowest BCUT2D eigenvalue weighted by atomic mass is 10.2. The van der Waals surface area contributed by atoms with Crippen molar-refractivity contribution in [2.75, 3.05) is 5.73 Å². The number of rotatable bonds is 3. The van der Waals surface area contributed by atoms with Crippen LogP contribution in [0.15, 0.2) is 22.0 Å². The van der Waals surface area contributed by atoms with Crippen LogP contribution in [0.4, 0.5) is 5.69 Å². The van der Waals surface area contributed by atoms with Gasteiger partial charge in [0, 0.05) is 9.85 Å². The fourth-order valence-electron chi connectivity index (χ4n) is 1.48. The monoisotopic (exact) mass is 312 g/mol. The van der Waals surface area contributed by atoms with Gasteiger partial charge in [-0.25, -0.2) is 4.98 Å². The molecule has 0 aliphatic rings. The van der Waals surface area contributed by atoms with E-state index in [1.807, 2.05) is 24.4 Å². The van der Waals surface area contributed by atoms with E-state index in [1.54, 1.807) is 0 Å².